The fourth-order valence-corrected chi connectivity index (χ4v) is 3.35. The van der Waals surface area contributed by atoms with Gasteiger partial charge >= 0.3 is 0 Å². The first kappa shape index (κ1) is 13.8. The average Bonchev–Trinajstić information content (AvgIpc) is 2.42. The smallest absolute Gasteiger partial charge is 0.170 e. The number of benzene rings is 1. The normalized spacial score (nSPS) is 27.3. The van der Waals surface area contributed by atoms with Crippen LogP contribution < -0.4 is 0 Å². The topological polar surface area (TPSA) is 38.7 Å². The monoisotopic (exact) mass is 270 g/mol. The largest absolute Gasteiger partial charge is 0.395 e. The first-order valence-electron chi connectivity index (χ1n) is 6.09. The number of fused-ring (bicyclic) bond motifs is 1. The molecule has 0 saturated carbocycles. The second-order valence-electron chi connectivity index (χ2n) is 4.67. The van der Waals surface area contributed by atoms with Gasteiger partial charge in [-0.05, 0) is 24.0 Å². The standard InChI is InChI=1S/C14H19ClO3/c1-17-13(18-2)14(9-16)11-6-4-3-5-10(11)7-8-12(14)15/h3-6,12-13,16H,7-9H2,1-2H3/t12?,14-/m0/s1. The zero-order chi connectivity index (χ0) is 13.2. The van der Waals surface area contributed by atoms with Crippen molar-refractivity contribution in [3.8, 4) is 0 Å². The van der Waals surface area contributed by atoms with Crippen LogP contribution in [0.1, 0.15) is 17.5 Å². The van der Waals surface area contributed by atoms with E-state index < -0.39 is 11.7 Å². The molecule has 0 aliphatic heterocycles. The maximum Gasteiger partial charge on any atom is 0.170 e. The van der Waals surface area contributed by atoms with Crippen molar-refractivity contribution in [2.24, 2.45) is 0 Å². The molecule has 2 rings (SSSR count). The number of rotatable bonds is 4. The van der Waals surface area contributed by atoms with E-state index in [1.54, 1.807) is 14.2 Å². The molecule has 0 aromatic heterocycles. The van der Waals surface area contributed by atoms with Gasteiger partial charge in [0.25, 0.3) is 0 Å². The molecular weight excluding hydrogens is 252 g/mol. The second-order valence-corrected chi connectivity index (χ2v) is 5.19. The fraction of sp³-hybridized carbons (Fsp3) is 0.571. The number of alkyl halides is 1. The SMILES string of the molecule is COC(OC)[C@@]1(CO)c2ccccc2CCC1Cl. The molecule has 2 atom stereocenters. The molecule has 100 valence electrons. The molecule has 1 aliphatic rings. The maximum atomic E-state index is 9.95. The van der Waals surface area contributed by atoms with E-state index in [0.717, 1.165) is 18.4 Å². The lowest BCUT2D eigenvalue weighted by molar-refractivity contribution is -0.163. The third-order valence-corrected chi connectivity index (χ3v) is 4.46. The third-order valence-electron chi connectivity index (χ3n) is 3.86. The molecule has 1 aromatic carbocycles. The molecule has 0 bridgehead atoms. The van der Waals surface area contributed by atoms with Crippen molar-refractivity contribution in [1.29, 1.82) is 0 Å². The lowest BCUT2D eigenvalue weighted by atomic mass is 9.69. The van der Waals surface area contributed by atoms with Crippen LogP contribution in [0.2, 0.25) is 0 Å². The molecule has 4 heteroatoms. The third kappa shape index (κ3) is 1.95. The van der Waals surface area contributed by atoms with Crippen molar-refractivity contribution in [3.05, 3.63) is 35.4 Å². The quantitative estimate of drug-likeness (QED) is 0.673. The number of ether oxygens (including phenoxy) is 2. The Bertz CT molecular complexity index is 406. The summed E-state index contributed by atoms with van der Waals surface area (Å²) in [6.07, 6.45) is 1.18. The molecule has 0 radical (unpaired) electrons. The van der Waals surface area contributed by atoms with Gasteiger partial charge in [0.15, 0.2) is 6.29 Å². The maximum absolute atomic E-state index is 9.95. The van der Waals surface area contributed by atoms with E-state index in [1.807, 2.05) is 18.2 Å². The van der Waals surface area contributed by atoms with E-state index in [2.05, 4.69) is 6.07 Å². The summed E-state index contributed by atoms with van der Waals surface area (Å²) in [5, 5.41) is 9.74. The molecule has 0 heterocycles. The lowest BCUT2D eigenvalue weighted by Crippen LogP contribution is -2.54. The highest BCUT2D eigenvalue weighted by molar-refractivity contribution is 6.21. The first-order chi connectivity index (χ1) is 8.70. The van der Waals surface area contributed by atoms with E-state index in [1.165, 1.54) is 5.56 Å². The van der Waals surface area contributed by atoms with Crippen LogP contribution in [0.5, 0.6) is 0 Å². The number of aliphatic hydroxyl groups excluding tert-OH is 1. The number of hydrogen-bond donors (Lipinski definition) is 1. The van der Waals surface area contributed by atoms with Gasteiger partial charge in [0, 0.05) is 14.2 Å². The summed E-state index contributed by atoms with van der Waals surface area (Å²) in [6.45, 7) is -0.0927. The fourth-order valence-electron chi connectivity index (χ4n) is 2.95. The van der Waals surface area contributed by atoms with Gasteiger partial charge in [0.1, 0.15) is 0 Å². The summed E-state index contributed by atoms with van der Waals surface area (Å²) in [5.74, 6) is 0. The zero-order valence-corrected chi connectivity index (χ0v) is 11.5. The van der Waals surface area contributed by atoms with Crippen LogP contribution in [-0.2, 0) is 21.3 Å². The minimum absolute atomic E-state index is 0.0927. The summed E-state index contributed by atoms with van der Waals surface area (Å²) in [7, 11) is 3.15. The Labute approximate surface area is 113 Å². The number of aryl methyl sites for hydroxylation is 1. The van der Waals surface area contributed by atoms with Gasteiger partial charge in [-0.2, -0.15) is 0 Å². The predicted octanol–water partition coefficient (Wildman–Crippen LogP) is 2.09. The van der Waals surface area contributed by atoms with E-state index in [4.69, 9.17) is 21.1 Å². The Kier molecular flexibility index (Phi) is 4.28. The van der Waals surface area contributed by atoms with Crippen LogP contribution in [0.3, 0.4) is 0 Å². The van der Waals surface area contributed by atoms with Crippen molar-refractivity contribution in [2.45, 2.75) is 29.9 Å². The van der Waals surface area contributed by atoms with E-state index in [9.17, 15) is 5.11 Å². The minimum Gasteiger partial charge on any atom is -0.395 e. The summed E-state index contributed by atoms with van der Waals surface area (Å²) in [6, 6.07) is 8.04. The zero-order valence-electron chi connectivity index (χ0n) is 10.7. The molecule has 1 aromatic rings. The van der Waals surface area contributed by atoms with Crippen LogP contribution in [0.4, 0.5) is 0 Å². The van der Waals surface area contributed by atoms with Crippen LogP contribution in [0.15, 0.2) is 24.3 Å². The van der Waals surface area contributed by atoms with E-state index in [0.29, 0.717) is 0 Å². The van der Waals surface area contributed by atoms with Gasteiger partial charge in [-0.1, -0.05) is 24.3 Å². The van der Waals surface area contributed by atoms with Crippen LogP contribution in [0, 0.1) is 0 Å². The average molecular weight is 271 g/mol. The summed E-state index contributed by atoms with van der Waals surface area (Å²) >= 11 is 6.50. The minimum atomic E-state index is -0.695. The summed E-state index contributed by atoms with van der Waals surface area (Å²) in [4.78, 5) is 0. The lowest BCUT2D eigenvalue weighted by Gasteiger charge is -2.45. The molecule has 1 N–H and O–H groups in total. The first-order valence-corrected chi connectivity index (χ1v) is 6.53. The number of methoxy groups -OCH3 is 2. The molecule has 1 aliphatic carbocycles. The molecule has 1 unspecified atom stereocenters. The van der Waals surface area contributed by atoms with Crippen LogP contribution in [-0.4, -0.2) is 37.6 Å². The molecule has 0 fully saturated rings. The van der Waals surface area contributed by atoms with Gasteiger partial charge in [-0.3, -0.25) is 0 Å². The molecule has 0 saturated heterocycles. The van der Waals surface area contributed by atoms with Gasteiger partial charge < -0.3 is 14.6 Å². The van der Waals surface area contributed by atoms with Gasteiger partial charge in [-0.15, -0.1) is 11.6 Å². The number of hydrogen-bond acceptors (Lipinski definition) is 3. The Morgan fingerprint density at radius 1 is 1.39 bits per heavy atom. The molecule has 0 amide bonds. The molecule has 3 nitrogen and oxygen atoms in total. The van der Waals surface area contributed by atoms with Crippen LogP contribution >= 0.6 is 11.6 Å². The van der Waals surface area contributed by atoms with Gasteiger partial charge in [-0.25, -0.2) is 0 Å². The van der Waals surface area contributed by atoms with Crippen molar-refractivity contribution in [1.82, 2.24) is 0 Å². The second kappa shape index (κ2) is 5.57. The Morgan fingerprint density at radius 2 is 2.06 bits per heavy atom. The van der Waals surface area contributed by atoms with Crippen molar-refractivity contribution >= 4 is 11.6 Å². The molecular formula is C14H19ClO3. The van der Waals surface area contributed by atoms with Gasteiger partial charge in [0.2, 0.25) is 0 Å². The van der Waals surface area contributed by atoms with Crippen molar-refractivity contribution in [2.75, 3.05) is 20.8 Å². The Morgan fingerprint density at radius 3 is 2.67 bits per heavy atom. The van der Waals surface area contributed by atoms with Crippen molar-refractivity contribution < 1.29 is 14.6 Å². The van der Waals surface area contributed by atoms with E-state index >= 15 is 0 Å². The highest BCUT2D eigenvalue weighted by Crippen LogP contribution is 2.43. The van der Waals surface area contributed by atoms with E-state index in [-0.39, 0.29) is 12.0 Å². The van der Waals surface area contributed by atoms with Crippen LogP contribution in [0.25, 0.3) is 0 Å². The summed E-state index contributed by atoms with van der Waals surface area (Å²) in [5.41, 5.74) is 1.55. The van der Waals surface area contributed by atoms with Gasteiger partial charge in [0.05, 0.1) is 17.4 Å². The number of aliphatic hydroxyl groups is 1. The molecule has 0 spiro atoms. The predicted molar refractivity (Wildman–Crippen MR) is 71.0 cm³/mol. The molecule has 18 heavy (non-hydrogen) atoms. The number of halogens is 1. The highest BCUT2D eigenvalue weighted by Gasteiger charge is 2.50. The summed E-state index contributed by atoms with van der Waals surface area (Å²) < 4.78 is 10.8. The Balaban J connectivity index is 2.56. The highest BCUT2D eigenvalue weighted by atomic mass is 35.5. The van der Waals surface area contributed by atoms with Crippen molar-refractivity contribution in [3.63, 3.8) is 0 Å². The Hall–Kier alpha value is -0.610.